The molecule has 1 heterocycles. The predicted octanol–water partition coefficient (Wildman–Crippen LogP) is 4.31. The highest BCUT2D eigenvalue weighted by molar-refractivity contribution is 5.96. The molecule has 1 aromatic heterocycles. The number of ether oxygens (including phenoxy) is 1. The fourth-order valence-electron chi connectivity index (χ4n) is 3.36. The van der Waals surface area contributed by atoms with E-state index in [2.05, 4.69) is 11.1 Å². The summed E-state index contributed by atoms with van der Waals surface area (Å²) < 4.78 is 5.23. The zero-order valence-electron chi connectivity index (χ0n) is 17.9. The van der Waals surface area contributed by atoms with Gasteiger partial charge in [0.05, 0.1) is 6.61 Å². The van der Waals surface area contributed by atoms with E-state index >= 15 is 0 Å². The van der Waals surface area contributed by atoms with Gasteiger partial charge in [-0.25, -0.2) is 4.79 Å². The number of aryl methyl sites for hydroxylation is 2. The fraction of sp³-hybridized carbons (Fsp3) is 0.458. The molecule has 0 unspecified atom stereocenters. The molecule has 0 saturated heterocycles. The maximum Gasteiger partial charge on any atom is 0.328 e. The molecule has 0 N–H and O–H groups in total. The molecule has 0 saturated carbocycles. The quantitative estimate of drug-likeness (QED) is 0.562. The lowest BCUT2D eigenvalue weighted by Gasteiger charge is -2.30. The third kappa shape index (κ3) is 6.70. The second-order valence-electron chi connectivity index (χ2n) is 7.55. The van der Waals surface area contributed by atoms with Crippen LogP contribution in [0.1, 0.15) is 55.6 Å². The maximum absolute atomic E-state index is 13.1. The number of rotatable bonds is 10. The summed E-state index contributed by atoms with van der Waals surface area (Å²) in [5, 5.41) is 0. The maximum atomic E-state index is 13.1. The lowest BCUT2D eigenvalue weighted by molar-refractivity contribution is -0.149. The molecule has 5 nitrogen and oxygen atoms in total. The molecule has 2 aromatic rings. The van der Waals surface area contributed by atoms with Crippen LogP contribution < -0.4 is 0 Å². The Hall–Kier alpha value is -2.69. The standard InChI is InChI=1S/C24H32N2O3/c1-5-26(22(16-18(3)4)24(28)29-6-2)23(27)21-13-11-19(12-14-21)9-10-20-8-7-15-25-17-20/h7-8,11-15,17-18,22H,5-6,9-10,16H2,1-4H3/t22-/m0/s1. The molecule has 0 radical (unpaired) electrons. The van der Waals surface area contributed by atoms with Crippen molar-refractivity contribution in [3.63, 3.8) is 0 Å². The van der Waals surface area contributed by atoms with Gasteiger partial charge in [0.15, 0.2) is 0 Å². The minimum atomic E-state index is -0.558. The third-order valence-electron chi connectivity index (χ3n) is 4.86. The van der Waals surface area contributed by atoms with Gasteiger partial charge in [0.25, 0.3) is 5.91 Å². The average molecular weight is 397 g/mol. The van der Waals surface area contributed by atoms with Crippen LogP contribution in [0, 0.1) is 5.92 Å². The van der Waals surface area contributed by atoms with Crippen LogP contribution in [0.15, 0.2) is 48.8 Å². The number of hydrogen-bond acceptors (Lipinski definition) is 4. The summed E-state index contributed by atoms with van der Waals surface area (Å²) in [7, 11) is 0. The predicted molar refractivity (Wildman–Crippen MR) is 115 cm³/mol. The van der Waals surface area contributed by atoms with E-state index in [1.54, 1.807) is 18.0 Å². The summed E-state index contributed by atoms with van der Waals surface area (Å²) in [6.07, 6.45) is 6.02. The Morgan fingerprint density at radius 3 is 2.28 bits per heavy atom. The minimum Gasteiger partial charge on any atom is -0.464 e. The zero-order chi connectivity index (χ0) is 21.2. The van der Waals surface area contributed by atoms with E-state index in [-0.39, 0.29) is 17.8 Å². The van der Waals surface area contributed by atoms with Crippen LogP contribution >= 0.6 is 0 Å². The SMILES string of the molecule is CCOC(=O)[C@H](CC(C)C)N(CC)C(=O)c1ccc(CCc2cccnc2)cc1. The molecule has 156 valence electrons. The Kier molecular flexibility index (Phi) is 8.84. The van der Waals surface area contributed by atoms with Crippen LogP contribution in [0.25, 0.3) is 0 Å². The van der Waals surface area contributed by atoms with Crippen LogP contribution in [-0.4, -0.2) is 41.0 Å². The molecular formula is C24H32N2O3. The third-order valence-corrected chi connectivity index (χ3v) is 4.86. The number of pyridine rings is 1. The van der Waals surface area contributed by atoms with Crippen molar-refractivity contribution >= 4 is 11.9 Å². The molecule has 0 bridgehead atoms. The summed E-state index contributed by atoms with van der Waals surface area (Å²) in [5.41, 5.74) is 2.95. The van der Waals surface area contributed by atoms with Crippen molar-refractivity contribution in [1.29, 1.82) is 0 Å². The lowest BCUT2D eigenvalue weighted by atomic mass is 10.0. The number of benzene rings is 1. The number of esters is 1. The van der Waals surface area contributed by atoms with Gasteiger partial charge in [-0.1, -0.05) is 32.0 Å². The molecule has 1 amide bonds. The summed E-state index contributed by atoms with van der Waals surface area (Å²) in [5.74, 6) is -0.185. The highest BCUT2D eigenvalue weighted by Gasteiger charge is 2.31. The number of aromatic nitrogens is 1. The van der Waals surface area contributed by atoms with E-state index in [1.165, 1.54) is 5.56 Å². The molecule has 0 aliphatic carbocycles. The van der Waals surface area contributed by atoms with Crippen LogP contribution in [0.2, 0.25) is 0 Å². The van der Waals surface area contributed by atoms with Gasteiger partial charge in [-0.15, -0.1) is 0 Å². The summed E-state index contributed by atoms with van der Waals surface area (Å²) in [6.45, 7) is 8.53. The molecule has 0 aliphatic rings. The molecule has 2 rings (SSSR count). The topological polar surface area (TPSA) is 59.5 Å². The molecule has 29 heavy (non-hydrogen) atoms. The van der Waals surface area contributed by atoms with Crippen molar-refractivity contribution in [2.75, 3.05) is 13.2 Å². The fourth-order valence-corrected chi connectivity index (χ4v) is 3.36. The highest BCUT2D eigenvalue weighted by Crippen LogP contribution is 2.18. The average Bonchev–Trinajstić information content (AvgIpc) is 2.73. The summed E-state index contributed by atoms with van der Waals surface area (Å²) >= 11 is 0. The Labute approximate surface area is 174 Å². The molecular weight excluding hydrogens is 364 g/mol. The smallest absolute Gasteiger partial charge is 0.328 e. The van der Waals surface area contributed by atoms with Gasteiger partial charge in [-0.2, -0.15) is 0 Å². The first-order valence-electron chi connectivity index (χ1n) is 10.4. The monoisotopic (exact) mass is 396 g/mol. The second kappa shape index (κ2) is 11.3. The van der Waals surface area contributed by atoms with Gasteiger partial charge in [-0.05, 0) is 68.4 Å². The first-order valence-corrected chi connectivity index (χ1v) is 10.4. The number of carbonyl (C=O) groups is 2. The molecule has 0 spiro atoms. The second-order valence-corrected chi connectivity index (χ2v) is 7.55. The largest absolute Gasteiger partial charge is 0.464 e. The first kappa shape index (κ1) is 22.6. The van der Waals surface area contributed by atoms with E-state index in [9.17, 15) is 9.59 Å². The van der Waals surface area contributed by atoms with Crippen LogP contribution in [0.5, 0.6) is 0 Å². The van der Waals surface area contributed by atoms with Gasteiger partial charge in [0.2, 0.25) is 0 Å². The number of nitrogens with zero attached hydrogens (tertiary/aromatic N) is 2. The van der Waals surface area contributed by atoms with Gasteiger partial charge in [0.1, 0.15) is 6.04 Å². The van der Waals surface area contributed by atoms with Crippen molar-refractivity contribution in [1.82, 2.24) is 9.88 Å². The van der Waals surface area contributed by atoms with Crippen molar-refractivity contribution in [2.24, 2.45) is 5.92 Å². The lowest BCUT2D eigenvalue weighted by Crippen LogP contribution is -2.46. The van der Waals surface area contributed by atoms with Crippen molar-refractivity contribution in [2.45, 2.75) is 53.0 Å². The highest BCUT2D eigenvalue weighted by atomic mass is 16.5. The normalized spacial score (nSPS) is 11.9. The molecule has 1 atom stereocenters. The molecule has 5 heteroatoms. The Balaban J connectivity index is 2.09. The summed E-state index contributed by atoms with van der Waals surface area (Å²) in [4.78, 5) is 31.3. The first-order chi connectivity index (χ1) is 14.0. The van der Waals surface area contributed by atoms with E-state index in [0.717, 1.165) is 18.4 Å². The zero-order valence-corrected chi connectivity index (χ0v) is 17.9. The number of amides is 1. The number of hydrogen-bond donors (Lipinski definition) is 0. The van der Waals surface area contributed by atoms with Gasteiger partial charge in [-0.3, -0.25) is 9.78 Å². The van der Waals surface area contributed by atoms with Gasteiger partial charge >= 0.3 is 5.97 Å². The van der Waals surface area contributed by atoms with E-state index in [1.807, 2.05) is 57.3 Å². The van der Waals surface area contributed by atoms with E-state index < -0.39 is 6.04 Å². The molecule has 0 aliphatic heterocycles. The van der Waals surface area contributed by atoms with E-state index in [4.69, 9.17) is 4.74 Å². The Morgan fingerprint density at radius 1 is 1.03 bits per heavy atom. The van der Waals surface area contributed by atoms with Crippen molar-refractivity contribution < 1.29 is 14.3 Å². The molecule has 0 fully saturated rings. The Morgan fingerprint density at radius 2 is 1.72 bits per heavy atom. The van der Waals surface area contributed by atoms with Gasteiger partial charge in [0, 0.05) is 24.5 Å². The van der Waals surface area contributed by atoms with Crippen LogP contribution in [0.4, 0.5) is 0 Å². The number of likely N-dealkylation sites (N-methyl/N-ethyl adjacent to an activating group) is 1. The molecule has 1 aromatic carbocycles. The van der Waals surface area contributed by atoms with Crippen molar-refractivity contribution in [3.05, 3.63) is 65.5 Å². The summed E-state index contributed by atoms with van der Waals surface area (Å²) in [6, 6.07) is 11.1. The van der Waals surface area contributed by atoms with E-state index in [0.29, 0.717) is 25.1 Å². The minimum absolute atomic E-state index is 0.134. The van der Waals surface area contributed by atoms with Gasteiger partial charge < -0.3 is 9.64 Å². The van der Waals surface area contributed by atoms with Crippen molar-refractivity contribution in [3.8, 4) is 0 Å². The Bertz CT molecular complexity index is 772. The van der Waals surface area contributed by atoms with Crippen LogP contribution in [0.3, 0.4) is 0 Å². The number of carbonyl (C=O) groups excluding carboxylic acids is 2. The van der Waals surface area contributed by atoms with Crippen LogP contribution in [-0.2, 0) is 22.4 Å².